The highest BCUT2D eigenvalue weighted by Crippen LogP contribution is 2.14. The third kappa shape index (κ3) is 4.05. The van der Waals surface area contributed by atoms with Crippen molar-refractivity contribution in [2.75, 3.05) is 19.0 Å². The van der Waals surface area contributed by atoms with Crippen molar-refractivity contribution in [1.82, 2.24) is 0 Å². The van der Waals surface area contributed by atoms with Gasteiger partial charge in [-0.2, -0.15) is 0 Å². The lowest BCUT2D eigenvalue weighted by Gasteiger charge is -2.03. The van der Waals surface area contributed by atoms with Gasteiger partial charge in [-0.3, -0.25) is 0 Å². The first-order valence-corrected chi connectivity index (χ1v) is 4.32. The maximum absolute atomic E-state index is 10.1. The van der Waals surface area contributed by atoms with Gasteiger partial charge in [-0.15, -0.1) is 0 Å². The van der Waals surface area contributed by atoms with Gasteiger partial charge in [0, 0.05) is 11.6 Å². The standard InChI is InChI=1S/C11H11NO3/c1-15-10-6-4-9(5-7-10)12-8-2-3-11(13)14/h4-7,12H,8H2,1H3,(H,13,14). The number of carboxylic acid groups (broad SMARTS) is 1. The molecule has 2 N–H and O–H groups in total. The Hall–Kier alpha value is -2.15. The average Bonchev–Trinajstić information content (AvgIpc) is 2.25. The van der Waals surface area contributed by atoms with Crippen LogP contribution in [0.1, 0.15) is 0 Å². The van der Waals surface area contributed by atoms with Crippen molar-refractivity contribution in [2.45, 2.75) is 0 Å². The summed E-state index contributed by atoms with van der Waals surface area (Å²) in [7, 11) is 1.60. The molecule has 0 aliphatic carbocycles. The van der Waals surface area contributed by atoms with Crippen LogP contribution in [-0.4, -0.2) is 24.7 Å². The van der Waals surface area contributed by atoms with Gasteiger partial charge in [-0.25, -0.2) is 4.79 Å². The van der Waals surface area contributed by atoms with Crippen molar-refractivity contribution >= 4 is 11.7 Å². The number of carbonyl (C=O) groups is 1. The van der Waals surface area contributed by atoms with E-state index in [9.17, 15) is 4.79 Å². The lowest BCUT2D eigenvalue weighted by molar-refractivity contribution is -0.130. The zero-order chi connectivity index (χ0) is 11.1. The molecule has 15 heavy (non-hydrogen) atoms. The van der Waals surface area contributed by atoms with E-state index in [1.807, 2.05) is 30.2 Å². The van der Waals surface area contributed by atoms with Gasteiger partial charge in [0.25, 0.3) is 0 Å². The van der Waals surface area contributed by atoms with E-state index >= 15 is 0 Å². The van der Waals surface area contributed by atoms with Crippen LogP contribution in [-0.2, 0) is 4.79 Å². The molecule has 0 amide bonds. The Labute approximate surface area is 87.9 Å². The molecule has 0 saturated heterocycles. The molecule has 0 unspecified atom stereocenters. The average molecular weight is 205 g/mol. The van der Waals surface area contributed by atoms with E-state index in [2.05, 4.69) is 11.2 Å². The predicted octanol–water partition coefficient (Wildman–Crippen LogP) is 1.20. The maximum atomic E-state index is 10.1. The second kappa shape index (κ2) is 5.55. The first-order valence-electron chi connectivity index (χ1n) is 4.32. The van der Waals surface area contributed by atoms with Gasteiger partial charge in [0.2, 0.25) is 0 Å². The Bertz CT molecular complexity index is 387. The molecule has 1 aromatic carbocycles. The molecule has 0 aliphatic heterocycles. The van der Waals surface area contributed by atoms with E-state index in [1.165, 1.54) is 0 Å². The van der Waals surface area contributed by atoms with Crippen molar-refractivity contribution in [2.24, 2.45) is 0 Å². The Morgan fingerprint density at radius 3 is 2.67 bits per heavy atom. The van der Waals surface area contributed by atoms with Crippen LogP contribution >= 0.6 is 0 Å². The van der Waals surface area contributed by atoms with Crippen molar-refractivity contribution in [3.63, 3.8) is 0 Å². The monoisotopic (exact) mass is 205 g/mol. The molecule has 0 radical (unpaired) electrons. The van der Waals surface area contributed by atoms with Crippen LogP contribution < -0.4 is 10.1 Å². The van der Waals surface area contributed by atoms with E-state index in [-0.39, 0.29) is 0 Å². The quantitative estimate of drug-likeness (QED) is 0.728. The van der Waals surface area contributed by atoms with Crippen molar-refractivity contribution < 1.29 is 14.6 Å². The zero-order valence-corrected chi connectivity index (χ0v) is 8.28. The third-order valence-corrected chi connectivity index (χ3v) is 1.67. The molecular formula is C11H11NO3. The summed E-state index contributed by atoms with van der Waals surface area (Å²) in [4.78, 5) is 10.1. The van der Waals surface area contributed by atoms with E-state index in [0.29, 0.717) is 6.54 Å². The van der Waals surface area contributed by atoms with Gasteiger partial charge in [0.15, 0.2) is 0 Å². The number of ether oxygens (including phenoxy) is 1. The number of hydrogen-bond donors (Lipinski definition) is 2. The Morgan fingerprint density at radius 2 is 2.13 bits per heavy atom. The minimum absolute atomic E-state index is 0.304. The number of rotatable bonds is 3. The van der Waals surface area contributed by atoms with Gasteiger partial charge in [0.1, 0.15) is 5.75 Å². The largest absolute Gasteiger partial charge is 0.497 e. The lowest BCUT2D eigenvalue weighted by Crippen LogP contribution is -1.99. The van der Waals surface area contributed by atoms with Gasteiger partial charge in [-0.1, -0.05) is 5.92 Å². The molecule has 0 aliphatic rings. The summed E-state index contributed by atoms with van der Waals surface area (Å²) >= 11 is 0. The van der Waals surface area contributed by atoms with Crippen LogP contribution in [0.25, 0.3) is 0 Å². The number of anilines is 1. The minimum Gasteiger partial charge on any atom is -0.497 e. The molecule has 1 rings (SSSR count). The molecule has 1 aromatic rings. The number of hydrogen-bond acceptors (Lipinski definition) is 3. The van der Waals surface area contributed by atoms with Crippen LogP contribution in [0.3, 0.4) is 0 Å². The maximum Gasteiger partial charge on any atom is 0.381 e. The molecule has 0 fully saturated rings. The van der Waals surface area contributed by atoms with Crippen LogP contribution in [0.4, 0.5) is 5.69 Å². The molecule has 0 bridgehead atoms. The summed E-state index contributed by atoms with van der Waals surface area (Å²) in [5.74, 6) is 4.14. The number of benzene rings is 1. The van der Waals surface area contributed by atoms with Gasteiger partial charge in [-0.05, 0) is 24.3 Å². The Balaban J connectivity index is 2.45. The normalized spacial score (nSPS) is 8.60. The third-order valence-electron chi connectivity index (χ3n) is 1.67. The smallest absolute Gasteiger partial charge is 0.381 e. The number of methoxy groups -OCH3 is 1. The SMILES string of the molecule is COc1ccc(NCC#CC(=O)O)cc1. The highest BCUT2D eigenvalue weighted by Gasteiger charge is 1.91. The van der Waals surface area contributed by atoms with Crippen LogP contribution in [0.15, 0.2) is 24.3 Å². The molecular weight excluding hydrogens is 194 g/mol. The Morgan fingerprint density at radius 1 is 1.47 bits per heavy atom. The van der Waals surface area contributed by atoms with Gasteiger partial charge >= 0.3 is 5.97 Å². The summed E-state index contributed by atoms with van der Waals surface area (Å²) in [5.41, 5.74) is 0.871. The molecule has 4 nitrogen and oxygen atoms in total. The summed E-state index contributed by atoms with van der Waals surface area (Å²) in [6, 6.07) is 7.29. The molecule has 0 spiro atoms. The summed E-state index contributed by atoms with van der Waals surface area (Å²) in [6.07, 6.45) is 0. The molecule has 0 heterocycles. The zero-order valence-electron chi connectivity index (χ0n) is 8.28. The fourth-order valence-corrected chi connectivity index (χ4v) is 0.975. The summed E-state index contributed by atoms with van der Waals surface area (Å²) in [5, 5.41) is 11.2. The first kappa shape index (κ1) is 10.9. The lowest BCUT2D eigenvalue weighted by atomic mass is 10.3. The van der Waals surface area contributed by atoms with Gasteiger partial charge < -0.3 is 15.2 Å². The van der Waals surface area contributed by atoms with Crippen molar-refractivity contribution in [3.8, 4) is 17.6 Å². The molecule has 4 heteroatoms. The number of nitrogens with one attached hydrogen (secondary N) is 1. The van der Waals surface area contributed by atoms with Crippen molar-refractivity contribution in [3.05, 3.63) is 24.3 Å². The predicted molar refractivity (Wildman–Crippen MR) is 56.9 cm³/mol. The summed E-state index contributed by atoms with van der Waals surface area (Å²) in [6.45, 7) is 0.304. The fraction of sp³-hybridized carbons (Fsp3) is 0.182. The topological polar surface area (TPSA) is 58.6 Å². The number of carboxylic acids is 1. The molecule has 0 aromatic heterocycles. The van der Waals surface area contributed by atoms with E-state index in [4.69, 9.17) is 9.84 Å². The minimum atomic E-state index is -1.12. The van der Waals surface area contributed by atoms with E-state index < -0.39 is 5.97 Å². The molecule has 78 valence electrons. The first-order chi connectivity index (χ1) is 7.22. The second-order valence-electron chi connectivity index (χ2n) is 2.69. The highest BCUT2D eigenvalue weighted by molar-refractivity contribution is 5.86. The van der Waals surface area contributed by atoms with Crippen LogP contribution in [0.2, 0.25) is 0 Å². The van der Waals surface area contributed by atoms with Crippen LogP contribution in [0, 0.1) is 11.8 Å². The Kier molecular flexibility index (Phi) is 4.05. The second-order valence-corrected chi connectivity index (χ2v) is 2.69. The van der Waals surface area contributed by atoms with Crippen LogP contribution in [0.5, 0.6) is 5.75 Å². The number of aliphatic carboxylic acids is 1. The molecule has 0 saturated carbocycles. The van der Waals surface area contributed by atoms with E-state index in [1.54, 1.807) is 7.11 Å². The van der Waals surface area contributed by atoms with Crippen molar-refractivity contribution in [1.29, 1.82) is 0 Å². The molecule has 0 atom stereocenters. The van der Waals surface area contributed by atoms with Gasteiger partial charge in [0.05, 0.1) is 13.7 Å². The summed E-state index contributed by atoms with van der Waals surface area (Å²) < 4.78 is 4.99. The highest BCUT2D eigenvalue weighted by atomic mass is 16.5. The van der Waals surface area contributed by atoms with E-state index in [0.717, 1.165) is 11.4 Å². The fourth-order valence-electron chi connectivity index (χ4n) is 0.975.